The number of allylic oxidation sites excluding steroid dienone is 1. The maximum absolute atomic E-state index is 12.5. The summed E-state index contributed by atoms with van der Waals surface area (Å²) < 4.78 is 10.8. The number of rotatable bonds is 5. The second-order valence-electron chi connectivity index (χ2n) is 5.75. The molecule has 7 heteroatoms. The normalized spacial score (nSPS) is 11.7. The lowest BCUT2D eigenvalue weighted by atomic mass is 10.2. The largest absolute Gasteiger partial charge is 0.495 e. The molecular weight excluding hydrogens is 360 g/mol. The first kappa shape index (κ1) is 17.5. The summed E-state index contributed by atoms with van der Waals surface area (Å²) in [6.07, 6.45) is 4.88. The molecule has 0 atom stereocenters. The number of nitrogens with two attached hydrogens (primary N) is 1. The summed E-state index contributed by atoms with van der Waals surface area (Å²) in [7, 11) is 1.51. The molecule has 0 unspecified atom stereocenters. The molecule has 0 bridgehead atoms. The number of nitrogens with zero attached hydrogens (tertiary/aromatic N) is 1. The number of aromatic nitrogens is 1. The summed E-state index contributed by atoms with van der Waals surface area (Å²) in [6.45, 7) is 4.15. The van der Waals surface area contributed by atoms with Crippen molar-refractivity contribution in [2.75, 3.05) is 12.8 Å². The van der Waals surface area contributed by atoms with Crippen LogP contribution < -0.4 is 10.5 Å². The van der Waals surface area contributed by atoms with Gasteiger partial charge in [0.15, 0.2) is 5.76 Å². The topological polar surface area (TPSA) is 78.3 Å². The summed E-state index contributed by atoms with van der Waals surface area (Å²) in [5.74, 6) is 0.561. The van der Waals surface area contributed by atoms with Crippen molar-refractivity contribution in [3.05, 3.63) is 45.1 Å². The fourth-order valence-corrected chi connectivity index (χ4v) is 3.53. The minimum atomic E-state index is -0.330. The second-order valence-corrected chi connectivity index (χ2v) is 7.22. The number of hydrogen-bond donors (Lipinski definition) is 1. The van der Waals surface area contributed by atoms with Crippen molar-refractivity contribution >= 4 is 51.5 Å². The number of carbonyl (C=O) groups is 1. The first-order chi connectivity index (χ1) is 11.9. The van der Waals surface area contributed by atoms with Gasteiger partial charge in [-0.05, 0) is 24.3 Å². The Morgan fingerprint density at radius 3 is 2.84 bits per heavy atom. The van der Waals surface area contributed by atoms with Crippen LogP contribution in [0.1, 0.15) is 40.2 Å². The van der Waals surface area contributed by atoms with Crippen LogP contribution in [0.3, 0.4) is 0 Å². The zero-order valence-corrected chi connectivity index (χ0v) is 15.6. The summed E-state index contributed by atoms with van der Waals surface area (Å²) >= 11 is 7.81. The van der Waals surface area contributed by atoms with Crippen molar-refractivity contribution in [2.24, 2.45) is 0 Å². The molecule has 2 heterocycles. The van der Waals surface area contributed by atoms with E-state index in [-0.39, 0.29) is 17.2 Å². The fraction of sp³-hybridized carbons (Fsp3) is 0.222. The Morgan fingerprint density at radius 2 is 2.20 bits per heavy atom. The van der Waals surface area contributed by atoms with E-state index in [4.69, 9.17) is 26.5 Å². The van der Waals surface area contributed by atoms with E-state index >= 15 is 0 Å². The number of anilines is 1. The van der Waals surface area contributed by atoms with Crippen molar-refractivity contribution in [1.82, 2.24) is 4.98 Å². The molecule has 130 valence electrons. The number of thiazole rings is 1. The molecule has 25 heavy (non-hydrogen) atoms. The van der Waals surface area contributed by atoms with Crippen molar-refractivity contribution in [3.8, 4) is 5.75 Å². The lowest BCUT2D eigenvalue weighted by Crippen LogP contribution is -1.97. The highest BCUT2D eigenvalue weighted by Crippen LogP contribution is 2.39. The van der Waals surface area contributed by atoms with Crippen molar-refractivity contribution in [1.29, 1.82) is 0 Å². The molecule has 0 radical (unpaired) electrons. The van der Waals surface area contributed by atoms with Gasteiger partial charge < -0.3 is 14.9 Å². The average molecular weight is 377 g/mol. The quantitative estimate of drug-likeness (QED) is 0.492. The third kappa shape index (κ3) is 3.27. The van der Waals surface area contributed by atoms with E-state index in [1.165, 1.54) is 13.2 Å². The average Bonchev–Trinajstić information content (AvgIpc) is 3.18. The Kier molecular flexibility index (Phi) is 4.83. The van der Waals surface area contributed by atoms with Gasteiger partial charge in [-0.25, -0.2) is 4.98 Å². The number of nitrogen functional groups attached to an aromatic ring is 1. The molecule has 0 fully saturated rings. The van der Waals surface area contributed by atoms with Crippen LogP contribution in [0.25, 0.3) is 17.0 Å². The number of hydrogen-bond acceptors (Lipinski definition) is 6. The minimum Gasteiger partial charge on any atom is -0.495 e. The van der Waals surface area contributed by atoms with Crippen LogP contribution in [0.15, 0.2) is 28.8 Å². The van der Waals surface area contributed by atoms with Gasteiger partial charge in [0.05, 0.1) is 28.2 Å². The summed E-state index contributed by atoms with van der Waals surface area (Å²) in [5, 5.41) is 1.83. The minimum absolute atomic E-state index is 0.0648. The van der Waals surface area contributed by atoms with E-state index in [0.29, 0.717) is 27.7 Å². The van der Waals surface area contributed by atoms with E-state index in [2.05, 4.69) is 18.8 Å². The van der Waals surface area contributed by atoms with Gasteiger partial charge in [-0.2, -0.15) is 0 Å². The number of furan rings is 1. The Balaban J connectivity index is 1.93. The number of halogens is 1. The monoisotopic (exact) mass is 376 g/mol. The first-order valence-electron chi connectivity index (χ1n) is 7.65. The standard InChI is InChI=1S/C18H17ClN2O3S/c1-9(2)18-21-8-10(25-18)4-5-11(22)17-16(20)14-12(24-17)6-7-13(23-3)15(14)19/h4-9H,20H2,1-3H3. The van der Waals surface area contributed by atoms with Gasteiger partial charge >= 0.3 is 0 Å². The van der Waals surface area contributed by atoms with Crippen molar-refractivity contribution < 1.29 is 13.9 Å². The van der Waals surface area contributed by atoms with E-state index in [1.807, 2.05) is 0 Å². The predicted octanol–water partition coefficient (Wildman–Crippen LogP) is 5.15. The van der Waals surface area contributed by atoms with Crippen molar-refractivity contribution in [3.63, 3.8) is 0 Å². The zero-order chi connectivity index (χ0) is 18.1. The zero-order valence-electron chi connectivity index (χ0n) is 14.0. The molecule has 0 aliphatic heterocycles. The van der Waals surface area contributed by atoms with Gasteiger partial charge in [0.25, 0.3) is 0 Å². The predicted molar refractivity (Wildman–Crippen MR) is 102 cm³/mol. The molecule has 0 amide bonds. The van der Waals surface area contributed by atoms with Crippen LogP contribution >= 0.6 is 22.9 Å². The van der Waals surface area contributed by atoms with Gasteiger partial charge in [0.1, 0.15) is 11.3 Å². The summed E-state index contributed by atoms with van der Waals surface area (Å²) in [6, 6.07) is 3.34. The second kappa shape index (κ2) is 6.90. The molecule has 2 N–H and O–H groups in total. The maximum atomic E-state index is 12.5. The van der Waals surface area contributed by atoms with Gasteiger partial charge in [-0.3, -0.25) is 4.79 Å². The van der Waals surface area contributed by atoms with Crippen molar-refractivity contribution in [2.45, 2.75) is 19.8 Å². The molecule has 3 aromatic rings. The van der Waals surface area contributed by atoms with Crippen LogP contribution in [0, 0.1) is 0 Å². The maximum Gasteiger partial charge on any atom is 0.223 e. The lowest BCUT2D eigenvalue weighted by molar-refractivity contribution is 0.102. The molecule has 0 saturated heterocycles. The number of carbonyl (C=O) groups excluding carboxylic acids is 1. The van der Waals surface area contributed by atoms with Gasteiger partial charge in [-0.15, -0.1) is 11.3 Å². The molecule has 0 spiro atoms. The van der Waals surface area contributed by atoms with Crippen LogP contribution in [-0.2, 0) is 0 Å². The Labute approximate surface area is 154 Å². The Hall–Kier alpha value is -2.31. The summed E-state index contributed by atoms with van der Waals surface area (Å²) in [5.41, 5.74) is 6.73. The van der Waals surface area contributed by atoms with Gasteiger partial charge in [0, 0.05) is 17.0 Å². The molecule has 0 saturated carbocycles. The summed E-state index contributed by atoms with van der Waals surface area (Å²) in [4.78, 5) is 17.7. The molecule has 3 rings (SSSR count). The highest BCUT2D eigenvalue weighted by atomic mass is 35.5. The fourth-order valence-electron chi connectivity index (χ4n) is 2.37. The van der Waals surface area contributed by atoms with Crippen LogP contribution in [-0.4, -0.2) is 17.9 Å². The third-order valence-electron chi connectivity index (χ3n) is 3.67. The molecule has 5 nitrogen and oxygen atoms in total. The van der Waals surface area contributed by atoms with E-state index in [1.54, 1.807) is 35.7 Å². The third-order valence-corrected chi connectivity index (χ3v) is 5.31. The van der Waals surface area contributed by atoms with Gasteiger partial charge in [-0.1, -0.05) is 25.4 Å². The highest BCUT2D eigenvalue weighted by molar-refractivity contribution is 7.12. The van der Waals surface area contributed by atoms with E-state index in [0.717, 1.165) is 9.88 Å². The smallest absolute Gasteiger partial charge is 0.223 e. The highest BCUT2D eigenvalue weighted by Gasteiger charge is 2.20. The van der Waals surface area contributed by atoms with E-state index < -0.39 is 0 Å². The van der Waals surface area contributed by atoms with E-state index in [9.17, 15) is 4.79 Å². The number of benzene rings is 1. The van der Waals surface area contributed by atoms with Crippen LogP contribution in [0.2, 0.25) is 5.02 Å². The lowest BCUT2D eigenvalue weighted by Gasteiger charge is -2.02. The number of ether oxygens (including phenoxy) is 1. The number of ketones is 1. The molecule has 1 aromatic carbocycles. The Morgan fingerprint density at radius 1 is 1.44 bits per heavy atom. The number of fused-ring (bicyclic) bond motifs is 1. The van der Waals surface area contributed by atoms with Gasteiger partial charge in [0.2, 0.25) is 5.78 Å². The molecule has 0 aliphatic carbocycles. The molecule has 2 aromatic heterocycles. The first-order valence-corrected chi connectivity index (χ1v) is 8.84. The van der Waals surface area contributed by atoms with Crippen LogP contribution in [0.4, 0.5) is 5.69 Å². The number of methoxy groups -OCH3 is 1. The van der Waals surface area contributed by atoms with Crippen LogP contribution in [0.5, 0.6) is 5.75 Å². The molecule has 0 aliphatic rings. The SMILES string of the molecule is COc1ccc2oc(C(=O)C=Cc3cnc(C(C)C)s3)c(N)c2c1Cl. The molecular formula is C18H17ClN2O3S. The Bertz CT molecular complexity index is 972.